The molecule has 264 valence electrons. The monoisotopic (exact) mass is 694 g/mol. The molecule has 0 spiro atoms. The molecule has 50 heavy (non-hydrogen) atoms. The lowest BCUT2D eigenvalue weighted by Crippen LogP contribution is -2.48. The van der Waals surface area contributed by atoms with Crippen LogP contribution in [0.1, 0.15) is 48.8 Å². The van der Waals surface area contributed by atoms with Gasteiger partial charge in [-0.15, -0.1) is 0 Å². The molecule has 1 atom stereocenters. The summed E-state index contributed by atoms with van der Waals surface area (Å²) in [4.78, 5) is 14.1. The first kappa shape index (κ1) is 35.9. The molecule has 1 saturated heterocycles. The van der Waals surface area contributed by atoms with Gasteiger partial charge in [-0.1, -0.05) is 86.6 Å². The summed E-state index contributed by atoms with van der Waals surface area (Å²) in [6.45, 7) is 12.4. The minimum Gasteiger partial charge on any atom is -0.378 e. The Morgan fingerprint density at radius 2 is 1.50 bits per heavy atom. The van der Waals surface area contributed by atoms with E-state index in [1.807, 2.05) is 25.1 Å². The molecule has 3 heterocycles. The molecule has 0 bridgehead atoms. The lowest BCUT2D eigenvalue weighted by molar-refractivity contribution is 0.0485. The maximum absolute atomic E-state index is 13.8. The Morgan fingerprint density at radius 3 is 2.12 bits per heavy atom. The Balaban J connectivity index is 1.02. The second-order valence-electron chi connectivity index (χ2n) is 13.7. The zero-order valence-corrected chi connectivity index (χ0v) is 30.5. The van der Waals surface area contributed by atoms with E-state index in [4.69, 9.17) is 4.74 Å². The largest absolute Gasteiger partial charge is 0.378 e. The number of ether oxygens (including phenoxy) is 1. The first-order valence-corrected chi connectivity index (χ1v) is 19.1. The van der Waals surface area contributed by atoms with Crippen LogP contribution in [0.15, 0.2) is 108 Å². The number of likely N-dealkylation sites (N-methyl/N-ethyl adjacent to an activating group) is 1. The van der Waals surface area contributed by atoms with Crippen LogP contribution in [-0.4, -0.2) is 96.1 Å². The molecule has 1 aliphatic rings. The van der Waals surface area contributed by atoms with Crippen molar-refractivity contribution >= 4 is 21.1 Å². The SMILES string of the molecule is Cc1nc2cnccc2n1Cc1ccc(S(=O)(=O)N(C)[C@H](COCCN2CCN(C(c3ccccc3)c3ccccc3)CC2)CC(C)C)cc1. The molecule has 0 N–H and O–H groups in total. The Kier molecular flexibility index (Phi) is 11.8. The van der Waals surface area contributed by atoms with Gasteiger partial charge in [-0.05, 0) is 54.2 Å². The highest BCUT2D eigenvalue weighted by Gasteiger charge is 2.30. The Bertz CT molecular complexity index is 1870. The minimum atomic E-state index is -3.71. The van der Waals surface area contributed by atoms with Gasteiger partial charge in [0, 0.05) is 58.6 Å². The third-order valence-electron chi connectivity index (χ3n) is 9.80. The van der Waals surface area contributed by atoms with Crippen LogP contribution in [-0.2, 0) is 21.3 Å². The Hall–Kier alpha value is -3.93. The third kappa shape index (κ3) is 8.50. The highest BCUT2D eigenvalue weighted by atomic mass is 32.2. The van der Waals surface area contributed by atoms with Gasteiger partial charge in [0.15, 0.2) is 0 Å². The second-order valence-corrected chi connectivity index (χ2v) is 15.7. The third-order valence-corrected chi connectivity index (χ3v) is 11.7. The highest BCUT2D eigenvalue weighted by Crippen LogP contribution is 2.29. The number of aromatic nitrogens is 3. The van der Waals surface area contributed by atoms with Crippen LogP contribution in [0.4, 0.5) is 0 Å². The minimum absolute atomic E-state index is 0.236. The normalized spacial score (nSPS) is 15.4. The number of benzene rings is 3. The summed E-state index contributed by atoms with van der Waals surface area (Å²) in [7, 11) is -2.03. The summed E-state index contributed by atoms with van der Waals surface area (Å²) in [5.74, 6) is 1.21. The van der Waals surface area contributed by atoms with Crippen LogP contribution in [0.5, 0.6) is 0 Å². The molecule has 0 saturated carbocycles. The van der Waals surface area contributed by atoms with Crippen molar-refractivity contribution in [1.82, 2.24) is 28.6 Å². The number of hydrogen-bond acceptors (Lipinski definition) is 7. The standard InChI is InChI=1S/C40H50N6O3S/c1-31(2)27-36(43(4)50(47,48)37-17-15-33(16-18-37)29-46-32(3)42-38-28-41-20-19-39(38)46)30-49-26-25-44-21-23-45(24-22-44)40(34-11-7-5-8-12-34)35-13-9-6-10-14-35/h5-20,28,31,36,40H,21-27,29-30H2,1-4H3/t36-/m0/s1. The number of fused-ring (bicyclic) bond motifs is 1. The van der Waals surface area contributed by atoms with Crippen molar-refractivity contribution in [1.29, 1.82) is 0 Å². The van der Waals surface area contributed by atoms with E-state index >= 15 is 0 Å². The average Bonchev–Trinajstić information content (AvgIpc) is 3.45. The number of aryl methyl sites for hydroxylation is 1. The van der Waals surface area contributed by atoms with Crippen LogP contribution in [0.25, 0.3) is 11.0 Å². The lowest BCUT2D eigenvalue weighted by Gasteiger charge is -2.39. The van der Waals surface area contributed by atoms with Gasteiger partial charge < -0.3 is 9.30 Å². The van der Waals surface area contributed by atoms with E-state index in [1.54, 1.807) is 31.6 Å². The average molecular weight is 695 g/mol. The van der Waals surface area contributed by atoms with Crippen LogP contribution < -0.4 is 0 Å². The predicted molar refractivity (Wildman–Crippen MR) is 200 cm³/mol. The summed E-state index contributed by atoms with van der Waals surface area (Å²) in [6.07, 6.45) is 4.24. The zero-order valence-electron chi connectivity index (χ0n) is 29.7. The van der Waals surface area contributed by atoms with Crippen molar-refractivity contribution in [2.75, 3.05) is 53.0 Å². The van der Waals surface area contributed by atoms with Crippen molar-refractivity contribution in [2.24, 2.45) is 5.92 Å². The van der Waals surface area contributed by atoms with Crippen molar-refractivity contribution in [2.45, 2.75) is 50.7 Å². The van der Waals surface area contributed by atoms with Crippen molar-refractivity contribution in [3.8, 4) is 0 Å². The van der Waals surface area contributed by atoms with Crippen molar-refractivity contribution in [3.05, 3.63) is 126 Å². The van der Waals surface area contributed by atoms with Gasteiger partial charge >= 0.3 is 0 Å². The summed E-state index contributed by atoms with van der Waals surface area (Å²) in [5.41, 5.74) is 5.50. The van der Waals surface area contributed by atoms with Gasteiger partial charge in [-0.3, -0.25) is 14.8 Å². The van der Waals surface area contributed by atoms with Gasteiger partial charge in [-0.2, -0.15) is 4.31 Å². The zero-order chi connectivity index (χ0) is 35.1. The van der Waals surface area contributed by atoms with E-state index in [0.717, 1.165) is 55.1 Å². The number of piperazine rings is 1. The number of nitrogens with zero attached hydrogens (tertiary/aromatic N) is 6. The topological polar surface area (TPSA) is 83.8 Å². The number of hydrogen-bond donors (Lipinski definition) is 0. The summed E-state index contributed by atoms with van der Waals surface area (Å²) >= 11 is 0. The molecule has 2 aromatic heterocycles. The van der Waals surface area contributed by atoms with Gasteiger partial charge in [-0.25, -0.2) is 13.4 Å². The Labute approximate surface area is 297 Å². The molecule has 1 fully saturated rings. The molecule has 1 aliphatic heterocycles. The van der Waals surface area contributed by atoms with Gasteiger partial charge in [0.05, 0.1) is 35.9 Å². The number of pyridine rings is 1. The van der Waals surface area contributed by atoms with Crippen LogP contribution in [0, 0.1) is 12.8 Å². The first-order chi connectivity index (χ1) is 24.2. The Morgan fingerprint density at radius 1 is 0.860 bits per heavy atom. The molecule has 5 aromatic rings. The molecule has 0 amide bonds. The van der Waals surface area contributed by atoms with Crippen LogP contribution >= 0.6 is 0 Å². The quantitative estimate of drug-likeness (QED) is 0.120. The highest BCUT2D eigenvalue weighted by molar-refractivity contribution is 7.89. The summed E-state index contributed by atoms with van der Waals surface area (Å²) in [5, 5.41) is 0. The summed E-state index contributed by atoms with van der Waals surface area (Å²) < 4.78 is 37.5. The van der Waals surface area contributed by atoms with Gasteiger partial charge in [0.2, 0.25) is 10.0 Å². The molecule has 10 heteroatoms. The fourth-order valence-electron chi connectivity index (χ4n) is 7.02. The van der Waals surface area contributed by atoms with Crippen molar-refractivity contribution in [3.63, 3.8) is 0 Å². The van der Waals surface area contributed by atoms with E-state index < -0.39 is 10.0 Å². The molecule has 0 radical (unpaired) electrons. The molecule has 3 aromatic carbocycles. The molecule has 9 nitrogen and oxygen atoms in total. The number of sulfonamides is 1. The molecular weight excluding hydrogens is 645 g/mol. The van der Waals surface area contributed by atoms with Crippen LogP contribution in [0.3, 0.4) is 0 Å². The number of imidazole rings is 1. The number of rotatable bonds is 15. The van der Waals surface area contributed by atoms with Gasteiger partial charge in [0.1, 0.15) is 11.3 Å². The van der Waals surface area contributed by atoms with Crippen molar-refractivity contribution < 1.29 is 13.2 Å². The predicted octanol–water partition coefficient (Wildman–Crippen LogP) is 6.25. The molecular formula is C40H50N6O3S. The lowest BCUT2D eigenvalue weighted by atomic mass is 9.96. The molecule has 0 aliphatic carbocycles. The second kappa shape index (κ2) is 16.4. The maximum atomic E-state index is 13.8. The first-order valence-electron chi connectivity index (χ1n) is 17.7. The fourth-order valence-corrected chi connectivity index (χ4v) is 8.37. The van der Waals surface area contributed by atoms with Gasteiger partial charge in [0.25, 0.3) is 0 Å². The van der Waals surface area contributed by atoms with E-state index in [0.29, 0.717) is 32.1 Å². The maximum Gasteiger partial charge on any atom is 0.243 e. The van der Waals surface area contributed by atoms with E-state index in [2.05, 4.69) is 98.8 Å². The smallest absolute Gasteiger partial charge is 0.243 e. The molecule has 6 rings (SSSR count). The van der Waals surface area contributed by atoms with E-state index in [-0.39, 0.29) is 17.0 Å². The van der Waals surface area contributed by atoms with Crippen LogP contribution in [0.2, 0.25) is 0 Å². The molecule has 0 unspecified atom stereocenters. The summed E-state index contributed by atoms with van der Waals surface area (Å²) in [6, 6.07) is 30.7. The fraction of sp³-hybridized carbons (Fsp3) is 0.400. The van der Waals surface area contributed by atoms with E-state index in [1.165, 1.54) is 15.4 Å². The van der Waals surface area contributed by atoms with E-state index in [9.17, 15) is 8.42 Å².